The number of allylic oxidation sites excluding steroid dienone is 1. The second kappa shape index (κ2) is 10.5. The molecule has 4 nitrogen and oxygen atoms in total. The molecule has 0 N–H and O–H groups in total. The highest BCUT2D eigenvalue weighted by Gasteiger charge is 2.47. The van der Waals surface area contributed by atoms with Crippen molar-refractivity contribution in [2.45, 2.75) is 72.1 Å². The fraction of sp³-hybridized carbons (Fsp3) is 0.481. The van der Waals surface area contributed by atoms with E-state index >= 15 is 4.39 Å². The summed E-state index contributed by atoms with van der Waals surface area (Å²) in [7, 11) is 0. The van der Waals surface area contributed by atoms with Crippen LogP contribution in [-0.2, 0) is 22.5 Å². The van der Waals surface area contributed by atoms with Gasteiger partial charge in [-0.3, -0.25) is 9.69 Å². The van der Waals surface area contributed by atoms with Crippen molar-refractivity contribution in [3.8, 4) is 0 Å². The summed E-state index contributed by atoms with van der Waals surface area (Å²) in [5, 5.41) is 0.215. The number of halogens is 4. The standard InChI is InChI=1S/C27H32Cl2F2N2O2/c1-16(2)19-12-22(29)32-21(24(19)31)14-27(25(34)35-26(4,5)6)10-11-33(17(3)13-27)15-18-8-7-9-20(28)23(18)30/h7-9,12,17H,1,10-11,13-15H2,2-6H3. The smallest absolute Gasteiger partial charge is 0.313 e. The third-order valence-electron chi connectivity index (χ3n) is 6.38. The number of ether oxygens (including phenoxy) is 1. The van der Waals surface area contributed by atoms with Gasteiger partial charge in [-0.05, 0) is 71.7 Å². The number of pyridine rings is 1. The number of carbonyl (C=O) groups excluding carboxylic acids is 1. The summed E-state index contributed by atoms with van der Waals surface area (Å²) in [6.07, 6.45) is 0.822. The molecule has 8 heteroatoms. The van der Waals surface area contributed by atoms with Gasteiger partial charge in [-0.1, -0.05) is 41.9 Å². The molecule has 190 valence electrons. The maximum absolute atomic E-state index is 15.4. The number of benzene rings is 1. The Morgan fingerprint density at radius 2 is 1.97 bits per heavy atom. The van der Waals surface area contributed by atoms with Crippen LogP contribution < -0.4 is 0 Å². The van der Waals surface area contributed by atoms with Gasteiger partial charge >= 0.3 is 5.97 Å². The Kier molecular flexibility index (Phi) is 8.30. The Morgan fingerprint density at radius 1 is 1.29 bits per heavy atom. The van der Waals surface area contributed by atoms with E-state index in [1.54, 1.807) is 39.8 Å². The Morgan fingerprint density at radius 3 is 2.57 bits per heavy atom. The van der Waals surface area contributed by atoms with Gasteiger partial charge < -0.3 is 4.74 Å². The van der Waals surface area contributed by atoms with E-state index in [2.05, 4.69) is 16.5 Å². The Balaban J connectivity index is 1.94. The minimum absolute atomic E-state index is 0.0400. The van der Waals surface area contributed by atoms with Crippen LogP contribution >= 0.6 is 23.2 Å². The molecule has 3 rings (SSSR count). The van der Waals surface area contributed by atoms with E-state index in [1.807, 2.05) is 6.92 Å². The van der Waals surface area contributed by atoms with Crippen LogP contribution in [0.3, 0.4) is 0 Å². The van der Waals surface area contributed by atoms with Crippen molar-refractivity contribution < 1.29 is 18.3 Å². The second-order valence-electron chi connectivity index (χ2n) is 10.5. The van der Waals surface area contributed by atoms with E-state index in [9.17, 15) is 9.18 Å². The first-order valence-electron chi connectivity index (χ1n) is 11.6. The Bertz CT molecular complexity index is 1130. The average Bonchev–Trinajstić information content (AvgIpc) is 2.74. The minimum Gasteiger partial charge on any atom is -0.460 e. The van der Waals surface area contributed by atoms with E-state index in [4.69, 9.17) is 27.9 Å². The van der Waals surface area contributed by atoms with Gasteiger partial charge in [-0.25, -0.2) is 13.8 Å². The SMILES string of the molecule is C=C(C)c1cc(Cl)nc(CC2(C(=O)OC(C)(C)C)CCN(Cc3cccc(Cl)c3F)C(C)C2)c1F. The molecule has 1 aliphatic heterocycles. The highest BCUT2D eigenvalue weighted by atomic mass is 35.5. The topological polar surface area (TPSA) is 42.4 Å². The third kappa shape index (κ3) is 6.41. The predicted octanol–water partition coefficient (Wildman–Crippen LogP) is 7.25. The molecule has 1 fully saturated rings. The molecular weight excluding hydrogens is 493 g/mol. The normalized spacial score (nSPS) is 21.1. The van der Waals surface area contributed by atoms with E-state index in [1.165, 1.54) is 12.1 Å². The van der Waals surface area contributed by atoms with Gasteiger partial charge in [0.2, 0.25) is 0 Å². The van der Waals surface area contributed by atoms with E-state index < -0.39 is 28.6 Å². The zero-order chi connectivity index (χ0) is 26.1. The highest BCUT2D eigenvalue weighted by molar-refractivity contribution is 6.30. The zero-order valence-electron chi connectivity index (χ0n) is 20.9. The van der Waals surface area contributed by atoms with E-state index in [0.717, 1.165) is 0 Å². The Hall–Kier alpha value is -2.02. The fourth-order valence-electron chi connectivity index (χ4n) is 4.60. The molecule has 1 aromatic heterocycles. The molecule has 0 bridgehead atoms. The summed E-state index contributed by atoms with van der Waals surface area (Å²) in [6, 6.07) is 6.26. The van der Waals surface area contributed by atoms with Crippen molar-refractivity contribution in [1.29, 1.82) is 0 Å². The van der Waals surface area contributed by atoms with Crippen LogP contribution in [0.1, 0.15) is 64.3 Å². The summed E-state index contributed by atoms with van der Waals surface area (Å²) in [5.74, 6) is -1.37. The monoisotopic (exact) mass is 524 g/mol. The van der Waals surface area contributed by atoms with Crippen molar-refractivity contribution in [3.05, 3.63) is 69.5 Å². The lowest BCUT2D eigenvalue weighted by molar-refractivity contribution is -0.172. The number of hydrogen-bond donors (Lipinski definition) is 0. The first-order valence-corrected chi connectivity index (χ1v) is 12.4. The molecular formula is C27H32Cl2F2N2O2. The molecule has 1 saturated heterocycles. The van der Waals surface area contributed by atoms with Crippen LogP contribution in [0.25, 0.3) is 5.57 Å². The molecule has 1 aliphatic rings. The lowest BCUT2D eigenvalue weighted by Crippen LogP contribution is -2.51. The number of likely N-dealkylation sites (tertiary alicyclic amines) is 1. The van der Waals surface area contributed by atoms with E-state index in [-0.39, 0.29) is 33.9 Å². The quantitative estimate of drug-likeness (QED) is 0.294. The molecule has 2 aromatic rings. The first-order chi connectivity index (χ1) is 16.2. The molecule has 35 heavy (non-hydrogen) atoms. The van der Waals surface area contributed by atoms with Gasteiger partial charge in [-0.2, -0.15) is 0 Å². The molecule has 0 saturated carbocycles. The van der Waals surface area contributed by atoms with Crippen LogP contribution in [0.4, 0.5) is 8.78 Å². The fourth-order valence-corrected chi connectivity index (χ4v) is 5.01. The third-order valence-corrected chi connectivity index (χ3v) is 6.87. The van der Waals surface area contributed by atoms with Crippen molar-refractivity contribution in [2.75, 3.05) is 6.54 Å². The summed E-state index contributed by atoms with van der Waals surface area (Å²) >= 11 is 12.2. The number of carbonyl (C=O) groups is 1. The molecule has 0 aliphatic carbocycles. The van der Waals surface area contributed by atoms with Gasteiger partial charge in [0.15, 0.2) is 5.82 Å². The van der Waals surface area contributed by atoms with Crippen LogP contribution in [-0.4, -0.2) is 34.0 Å². The van der Waals surface area contributed by atoms with Gasteiger partial charge in [0.1, 0.15) is 16.6 Å². The van der Waals surface area contributed by atoms with Crippen molar-refractivity contribution in [2.24, 2.45) is 5.41 Å². The summed E-state index contributed by atoms with van der Waals surface area (Å²) in [4.78, 5) is 19.9. The number of aromatic nitrogens is 1. The van der Waals surface area contributed by atoms with Crippen LogP contribution in [0.15, 0.2) is 30.8 Å². The summed E-state index contributed by atoms with van der Waals surface area (Å²) in [6.45, 7) is 13.7. The van der Waals surface area contributed by atoms with Crippen molar-refractivity contribution in [1.82, 2.24) is 9.88 Å². The summed E-state index contributed by atoms with van der Waals surface area (Å²) < 4.78 is 35.7. The minimum atomic E-state index is -1.01. The maximum atomic E-state index is 15.4. The van der Waals surface area contributed by atoms with Gasteiger partial charge in [0.25, 0.3) is 0 Å². The molecule has 2 heterocycles. The maximum Gasteiger partial charge on any atom is 0.313 e. The molecule has 1 aromatic carbocycles. The van der Waals surface area contributed by atoms with Crippen molar-refractivity contribution >= 4 is 34.7 Å². The average molecular weight is 525 g/mol. The van der Waals surface area contributed by atoms with Crippen LogP contribution in [0, 0.1) is 17.0 Å². The Labute approximate surface area is 216 Å². The molecule has 2 atom stereocenters. The first kappa shape index (κ1) is 27.6. The second-order valence-corrected chi connectivity index (χ2v) is 11.3. The lowest BCUT2D eigenvalue weighted by Gasteiger charge is -2.45. The number of hydrogen-bond acceptors (Lipinski definition) is 4. The molecule has 0 spiro atoms. The van der Waals surface area contributed by atoms with E-state index in [0.29, 0.717) is 37.1 Å². The van der Waals surface area contributed by atoms with Crippen LogP contribution in [0.2, 0.25) is 10.2 Å². The number of rotatable bonds is 6. The van der Waals surface area contributed by atoms with Gasteiger partial charge in [0.05, 0.1) is 16.1 Å². The number of esters is 1. The molecule has 0 amide bonds. The van der Waals surface area contributed by atoms with Crippen LogP contribution in [0.5, 0.6) is 0 Å². The largest absolute Gasteiger partial charge is 0.460 e. The lowest BCUT2D eigenvalue weighted by atomic mass is 9.71. The zero-order valence-corrected chi connectivity index (χ0v) is 22.4. The van der Waals surface area contributed by atoms with Gasteiger partial charge in [-0.15, -0.1) is 0 Å². The molecule has 0 radical (unpaired) electrons. The predicted molar refractivity (Wildman–Crippen MR) is 136 cm³/mol. The number of nitrogens with zero attached hydrogens (tertiary/aromatic N) is 2. The molecule has 2 unspecified atom stereocenters. The van der Waals surface area contributed by atoms with Crippen molar-refractivity contribution in [3.63, 3.8) is 0 Å². The van der Waals surface area contributed by atoms with Gasteiger partial charge in [0, 0.05) is 30.1 Å². The highest BCUT2D eigenvalue weighted by Crippen LogP contribution is 2.42. The number of piperidine rings is 1. The summed E-state index contributed by atoms with van der Waals surface area (Å²) in [5.41, 5.74) is -0.323.